The number of aromatic amines is 1. The molecule has 1 aliphatic heterocycles. The van der Waals surface area contributed by atoms with E-state index in [-0.39, 0.29) is 5.56 Å². The molecule has 1 N–H and O–H groups in total. The highest BCUT2D eigenvalue weighted by Gasteiger charge is 2.24. The van der Waals surface area contributed by atoms with Gasteiger partial charge in [-0.1, -0.05) is 43.0 Å². The highest BCUT2D eigenvalue weighted by atomic mass is 35.5. The van der Waals surface area contributed by atoms with Crippen LogP contribution in [0.4, 0.5) is 0 Å². The van der Waals surface area contributed by atoms with Crippen LogP contribution in [0.3, 0.4) is 0 Å². The third kappa shape index (κ3) is 3.80. The maximum absolute atomic E-state index is 12.6. The Labute approximate surface area is 153 Å². The molecule has 1 fully saturated rings. The zero-order valence-electron chi connectivity index (χ0n) is 14.4. The lowest BCUT2D eigenvalue weighted by Crippen LogP contribution is -2.36. The van der Waals surface area contributed by atoms with Gasteiger partial charge in [-0.3, -0.25) is 9.69 Å². The fourth-order valence-corrected chi connectivity index (χ4v) is 4.18. The Hall–Kier alpha value is -1.65. The highest BCUT2D eigenvalue weighted by molar-refractivity contribution is 6.30. The van der Waals surface area contributed by atoms with E-state index in [1.54, 1.807) is 0 Å². The molecule has 0 saturated heterocycles. The number of nitrogens with zero attached hydrogens (tertiary/aromatic N) is 2. The summed E-state index contributed by atoms with van der Waals surface area (Å²) in [5, 5.41) is 0.753. The van der Waals surface area contributed by atoms with Crippen molar-refractivity contribution in [1.82, 2.24) is 14.9 Å². The summed E-state index contributed by atoms with van der Waals surface area (Å²) in [7, 11) is 0. The first-order valence-electron chi connectivity index (χ1n) is 9.28. The summed E-state index contributed by atoms with van der Waals surface area (Å²) in [5.41, 5.74) is 3.14. The number of hydrogen-bond acceptors (Lipinski definition) is 3. The number of hydrogen-bond donors (Lipinski definition) is 1. The van der Waals surface area contributed by atoms with Crippen molar-refractivity contribution in [2.24, 2.45) is 0 Å². The lowest BCUT2D eigenvalue weighted by Gasteiger charge is -2.29. The molecule has 1 aliphatic carbocycles. The van der Waals surface area contributed by atoms with E-state index >= 15 is 0 Å². The van der Waals surface area contributed by atoms with Crippen molar-refractivity contribution in [2.75, 3.05) is 6.54 Å². The van der Waals surface area contributed by atoms with Gasteiger partial charge in [0.2, 0.25) is 0 Å². The largest absolute Gasteiger partial charge is 0.310 e. The normalized spacial score (nSPS) is 18.9. The Morgan fingerprint density at radius 3 is 2.68 bits per heavy atom. The van der Waals surface area contributed by atoms with E-state index in [1.165, 1.54) is 24.8 Å². The van der Waals surface area contributed by atoms with Gasteiger partial charge >= 0.3 is 0 Å². The van der Waals surface area contributed by atoms with Crippen LogP contribution in [0.5, 0.6) is 0 Å². The van der Waals surface area contributed by atoms with Crippen molar-refractivity contribution in [1.29, 1.82) is 0 Å². The average Bonchev–Trinajstić information content (AvgIpc) is 2.65. The molecule has 0 spiro atoms. The summed E-state index contributed by atoms with van der Waals surface area (Å²) in [6, 6.07) is 7.93. The monoisotopic (exact) mass is 357 g/mol. The van der Waals surface area contributed by atoms with Gasteiger partial charge < -0.3 is 4.98 Å². The van der Waals surface area contributed by atoms with Crippen LogP contribution in [0, 0.1) is 0 Å². The summed E-state index contributed by atoms with van der Waals surface area (Å²) in [5.74, 6) is 1.37. The first-order chi connectivity index (χ1) is 12.2. The summed E-state index contributed by atoms with van der Waals surface area (Å²) >= 11 is 5.95. The minimum Gasteiger partial charge on any atom is -0.310 e. The van der Waals surface area contributed by atoms with E-state index in [9.17, 15) is 4.79 Å². The molecular weight excluding hydrogens is 334 g/mol. The molecule has 4 nitrogen and oxygen atoms in total. The van der Waals surface area contributed by atoms with Crippen LogP contribution < -0.4 is 5.56 Å². The molecule has 25 heavy (non-hydrogen) atoms. The van der Waals surface area contributed by atoms with E-state index in [0.717, 1.165) is 54.5 Å². The Balaban J connectivity index is 1.51. The van der Waals surface area contributed by atoms with Crippen LogP contribution in [-0.2, 0) is 19.5 Å². The molecule has 4 rings (SSSR count). The molecule has 0 amide bonds. The lowest BCUT2D eigenvalue weighted by molar-refractivity contribution is 0.241. The Morgan fingerprint density at radius 2 is 1.92 bits per heavy atom. The molecule has 0 atom stereocenters. The SMILES string of the molecule is O=c1[nH]c(C2CCCCC2)nc2c1CN(Cc1ccc(Cl)cc1)CC2. The molecule has 0 radical (unpaired) electrons. The van der Waals surface area contributed by atoms with Gasteiger partial charge in [0, 0.05) is 37.0 Å². The number of nitrogens with one attached hydrogen (secondary N) is 1. The molecule has 132 valence electrons. The number of H-pyrrole nitrogens is 1. The number of benzene rings is 1. The molecule has 2 aliphatic rings. The Morgan fingerprint density at radius 1 is 1.16 bits per heavy atom. The van der Waals surface area contributed by atoms with E-state index in [2.05, 4.69) is 9.88 Å². The topological polar surface area (TPSA) is 49.0 Å². The zero-order valence-corrected chi connectivity index (χ0v) is 15.2. The third-order valence-electron chi connectivity index (χ3n) is 5.48. The molecule has 1 aromatic heterocycles. The van der Waals surface area contributed by atoms with E-state index < -0.39 is 0 Å². The second-order valence-corrected chi connectivity index (χ2v) is 7.73. The quantitative estimate of drug-likeness (QED) is 0.902. The standard InChI is InChI=1S/C20H24ClN3O/c21-16-8-6-14(7-9-16)12-24-11-10-18-17(13-24)20(25)23-19(22-18)15-4-2-1-3-5-15/h6-9,15H,1-5,10-13H2,(H,22,23,25). The van der Waals surface area contributed by atoms with Crippen LogP contribution in [0.25, 0.3) is 0 Å². The van der Waals surface area contributed by atoms with E-state index in [0.29, 0.717) is 12.5 Å². The zero-order chi connectivity index (χ0) is 17.2. The Bertz CT molecular complexity index is 794. The molecule has 2 heterocycles. The van der Waals surface area contributed by atoms with Gasteiger partial charge in [-0.15, -0.1) is 0 Å². The number of halogens is 1. The highest BCUT2D eigenvalue weighted by Crippen LogP contribution is 2.30. The number of fused-ring (bicyclic) bond motifs is 1. The number of aromatic nitrogens is 2. The molecular formula is C20H24ClN3O. The molecule has 5 heteroatoms. The summed E-state index contributed by atoms with van der Waals surface area (Å²) in [6.07, 6.45) is 6.98. The van der Waals surface area contributed by atoms with Crippen LogP contribution in [0.15, 0.2) is 29.1 Å². The molecule has 1 saturated carbocycles. The van der Waals surface area contributed by atoms with E-state index in [4.69, 9.17) is 16.6 Å². The van der Waals surface area contributed by atoms with Crippen LogP contribution in [0.2, 0.25) is 5.02 Å². The summed E-state index contributed by atoms with van der Waals surface area (Å²) in [4.78, 5) is 22.9. The van der Waals surface area contributed by atoms with Crippen molar-refractivity contribution in [2.45, 2.75) is 57.5 Å². The first kappa shape index (κ1) is 16.8. The number of rotatable bonds is 3. The smallest absolute Gasteiger partial charge is 0.255 e. The lowest BCUT2D eigenvalue weighted by atomic mass is 9.88. The fourth-order valence-electron chi connectivity index (χ4n) is 4.05. The van der Waals surface area contributed by atoms with Gasteiger partial charge in [-0.05, 0) is 30.5 Å². The maximum Gasteiger partial charge on any atom is 0.255 e. The van der Waals surface area contributed by atoms with Crippen molar-refractivity contribution in [3.8, 4) is 0 Å². The first-order valence-corrected chi connectivity index (χ1v) is 9.65. The van der Waals surface area contributed by atoms with Crippen LogP contribution in [-0.4, -0.2) is 21.4 Å². The summed E-state index contributed by atoms with van der Waals surface area (Å²) < 4.78 is 0. The van der Waals surface area contributed by atoms with Crippen molar-refractivity contribution in [3.63, 3.8) is 0 Å². The van der Waals surface area contributed by atoms with Crippen molar-refractivity contribution < 1.29 is 0 Å². The second kappa shape index (κ2) is 7.30. The molecule has 1 aromatic carbocycles. The van der Waals surface area contributed by atoms with Crippen LogP contribution in [0.1, 0.15) is 60.7 Å². The van der Waals surface area contributed by atoms with Gasteiger partial charge in [-0.2, -0.15) is 0 Å². The average molecular weight is 358 g/mol. The predicted octanol–water partition coefficient (Wildman–Crippen LogP) is 4.03. The second-order valence-electron chi connectivity index (χ2n) is 7.30. The predicted molar refractivity (Wildman–Crippen MR) is 100.0 cm³/mol. The third-order valence-corrected chi connectivity index (χ3v) is 5.73. The van der Waals surface area contributed by atoms with Crippen LogP contribution >= 0.6 is 11.6 Å². The molecule has 0 unspecified atom stereocenters. The van der Waals surface area contributed by atoms with Crippen molar-refractivity contribution in [3.05, 3.63) is 62.3 Å². The molecule has 0 bridgehead atoms. The van der Waals surface area contributed by atoms with Gasteiger partial charge in [0.1, 0.15) is 5.82 Å². The fraction of sp³-hybridized carbons (Fsp3) is 0.500. The van der Waals surface area contributed by atoms with E-state index in [1.807, 2.05) is 24.3 Å². The minimum absolute atomic E-state index is 0.0615. The van der Waals surface area contributed by atoms with Gasteiger partial charge in [0.05, 0.1) is 11.3 Å². The minimum atomic E-state index is 0.0615. The van der Waals surface area contributed by atoms with Crippen molar-refractivity contribution >= 4 is 11.6 Å². The van der Waals surface area contributed by atoms with Gasteiger partial charge in [0.25, 0.3) is 5.56 Å². The summed E-state index contributed by atoms with van der Waals surface area (Å²) in [6.45, 7) is 2.45. The van der Waals surface area contributed by atoms with Gasteiger partial charge in [0.15, 0.2) is 0 Å². The maximum atomic E-state index is 12.6. The Kier molecular flexibility index (Phi) is 4.91. The van der Waals surface area contributed by atoms with Gasteiger partial charge in [-0.25, -0.2) is 4.98 Å². The molecule has 2 aromatic rings.